The van der Waals surface area contributed by atoms with Crippen molar-refractivity contribution in [1.82, 2.24) is 0 Å². The summed E-state index contributed by atoms with van der Waals surface area (Å²) in [6.45, 7) is 3.87. The van der Waals surface area contributed by atoms with Crippen molar-refractivity contribution in [3.63, 3.8) is 0 Å². The maximum atomic E-state index is 11.3. The fourth-order valence-corrected chi connectivity index (χ4v) is 1.35. The van der Waals surface area contributed by atoms with Gasteiger partial charge in [-0.15, -0.1) is 0 Å². The van der Waals surface area contributed by atoms with Crippen molar-refractivity contribution in [2.45, 2.75) is 20.3 Å². The molecule has 0 saturated carbocycles. The zero-order valence-electron chi connectivity index (χ0n) is 9.16. The van der Waals surface area contributed by atoms with Gasteiger partial charge in [0.25, 0.3) is 0 Å². The Morgan fingerprint density at radius 2 is 1.93 bits per heavy atom. The number of hydrogen-bond acceptors (Lipinski definition) is 3. The van der Waals surface area contributed by atoms with Gasteiger partial charge in [-0.2, -0.15) is 0 Å². The molecule has 0 N–H and O–H groups in total. The van der Waals surface area contributed by atoms with Crippen LogP contribution in [0.2, 0.25) is 0 Å². The predicted octanol–water partition coefficient (Wildman–Crippen LogP) is 1.59. The summed E-state index contributed by atoms with van der Waals surface area (Å²) in [5.41, 5.74) is 2.97. The molecule has 0 aromatic heterocycles. The summed E-state index contributed by atoms with van der Waals surface area (Å²) < 4.78 is 4.37. The highest BCUT2D eigenvalue weighted by molar-refractivity contribution is 6.34. The minimum atomic E-state index is -0.782. The second-order valence-corrected chi connectivity index (χ2v) is 3.52. The van der Waals surface area contributed by atoms with Crippen molar-refractivity contribution in [3.8, 4) is 0 Å². The molecule has 0 fully saturated rings. The fraction of sp³-hybridized carbons (Fsp3) is 0.333. The standard InChI is InChI=1S/C12H14O3/c1-8-4-5-9(2)10(6-8)7-11(13)12(14)15-3/h4-6H,7H2,1-3H3. The molecule has 1 aromatic carbocycles. The van der Waals surface area contributed by atoms with Crippen LogP contribution < -0.4 is 0 Å². The lowest BCUT2D eigenvalue weighted by Gasteiger charge is -2.05. The van der Waals surface area contributed by atoms with Crippen molar-refractivity contribution in [2.75, 3.05) is 7.11 Å². The number of ether oxygens (including phenoxy) is 1. The lowest BCUT2D eigenvalue weighted by Crippen LogP contribution is -2.18. The molecular formula is C12H14O3. The third kappa shape index (κ3) is 2.91. The Kier molecular flexibility index (Phi) is 3.61. The van der Waals surface area contributed by atoms with E-state index in [1.54, 1.807) is 0 Å². The van der Waals surface area contributed by atoms with Crippen molar-refractivity contribution >= 4 is 11.8 Å². The van der Waals surface area contributed by atoms with Gasteiger partial charge in [0, 0.05) is 6.42 Å². The van der Waals surface area contributed by atoms with Crippen LogP contribution in [0, 0.1) is 13.8 Å². The molecule has 0 heterocycles. The molecule has 80 valence electrons. The number of benzene rings is 1. The molecule has 0 aliphatic rings. The summed E-state index contributed by atoms with van der Waals surface area (Å²) in [6.07, 6.45) is 0.111. The third-order valence-electron chi connectivity index (χ3n) is 2.27. The van der Waals surface area contributed by atoms with E-state index in [0.29, 0.717) is 0 Å². The number of carbonyl (C=O) groups excluding carboxylic acids is 2. The quantitative estimate of drug-likeness (QED) is 0.557. The topological polar surface area (TPSA) is 43.4 Å². The van der Waals surface area contributed by atoms with E-state index < -0.39 is 11.8 Å². The number of hydrogen-bond donors (Lipinski definition) is 0. The highest BCUT2D eigenvalue weighted by Gasteiger charge is 2.15. The Morgan fingerprint density at radius 3 is 2.53 bits per heavy atom. The van der Waals surface area contributed by atoms with Crippen LogP contribution in [0.5, 0.6) is 0 Å². The van der Waals surface area contributed by atoms with Gasteiger partial charge >= 0.3 is 5.97 Å². The average Bonchev–Trinajstić information content (AvgIpc) is 2.22. The SMILES string of the molecule is COC(=O)C(=O)Cc1cc(C)ccc1C. The van der Waals surface area contributed by atoms with Crippen LogP contribution in [-0.2, 0) is 20.7 Å². The molecular weight excluding hydrogens is 192 g/mol. The van der Waals surface area contributed by atoms with Gasteiger partial charge in [0.2, 0.25) is 5.78 Å². The molecule has 0 radical (unpaired) electrons. The molecule has 0 spiro atoms. The molecule has 0 saturated heterocycles. The van der Waals surface area contributed by atoms with Gasteiger partial charge in [0.15, 0.2) is 0 Å². The summed E-state index contributed by atoms with van der Waals surface area (Å²) in [7, 11) is 1.21. The Bertz CT molecular complexity index is 394. The monoisotopic (exact) mass is 206 g/mol. The molecule has 0 amide bonds. The fourth-order valence-electron chi connectivity index (χ4n) is 1.35. The van der Waals surface area contributed by atoms with Gasteiger partial charge in [0.05, 0.1) is 7.11 Å². The highest BCUT2D eigenvalue weighted by atomic mass is 16.5. The average molecular weight is 206 g/mol. The molecule has 15 heavy (non-hydrogen) atoms. The van der Waals surface area contributed by atoms with E-state index in [9.17, 15) is 9.59 Å². The lowest BCUT2D eigenvalue weighted by atomic mass is 10.0. The van der Waals surface area contributed by atoms with Crippen LogP contribution in [0.25, 0.3) is 0 Å². The minimum absolute atomic E-state index is 0.111. The van der Waals surface area contributed by atoms with Crippen LogP contribution in [0.1, 0.15) is 16.7 Å². The van der Waals surface area contributed by atoms with E-state index in [0.717, 1.165) is 16.7 Å². The number of ketones is 1. The van der Waals surface area contributed by atoms with Gasteiger partial charge in [-0.3, -0.25) is 4.79 Å². The van der Waals surface area contributed by atoms with Crippen LogP contribution in [0.4, 0.5) is 0 Å². The first kappa shape index (κ1) is 11.4. The number of Topliss-reactive ketones (excluding diaryl/α,β-unsaturated/α-hetero) is 1. The van der Waals surface area contributed by atoms with Crippen LogP contribution in [0.3, 0.4) is 0 Å². The van der Waals surface area contributed by atoms with E-state index in [2.05, 4.69) is 4.74 Å². The molecule has 0 bridgehead atoms. The van der Waals surface area contributed by atoms with Gasteiger partial charge in [-0.05, 0) is 25.0 Å². The second-order valence-electron chi connectivity index (χ2n) is 3.52. The third-order valence-corrected chi connectivity index (χ3v) is 2.27. The maximum Gasteiger partial charge on any atom is 0.374 e. The van der Waals surface area contributed by atoms with Crippen molar-refractivity contribution in [2.24, 2.45) is 0 Å². The molecule has 3 heteroatoms. The molecule has 1 rings (SSSR count). The Morgan fingerprint density at radius 1 is 1.27 bits per heavy atom. The summed E-state index contributed by atoms with van der Waals surface area (Å²) in [5, 5.41) is 0. The van der Waals surface area contributed by atoms with Crippen molar-refractivity contribution < 1.29 is 14.3 Å². The molecule has 0 unspecified atom stereocenters. The summed E-state index contributed by atoms with van der Waals surface area (Å²) in [4.78, 5) is 22.3. The maximum absolute atomic E-state index is 11.3. The zero-order chi connectivity index (χ0) is 11.4. The number of aryl methyl sites for hydroxylation is 2. The van der Waals surface area contributed by atoms with E-state index >= 15 is 0 Å². The number of esters is 1. The van der Waals surface area contributed by atoms with E-state index in [-0.39, 0.29) is 6.42 Å². The van der Waals surface area contributed by atoms with Crippen molar-refractivity contribution in [3.05, 3.63) is 34.9 Å². The van der Waals surface area contributed by atoms with Gasteiger partial charge in [0.1, 0.15) is 0 Å². The van der Waals surface area contributed by atoms with Gasteiger partial charge < -0.3 is 4.74 Å². The van der Waals surface area contributed by atoms with Gasteiger partial charge in [-0.25, -0.2) is 4.79 Å². The first-order valence-electron chi connectivity index (χ1n) is 4.72. The number of rotatable bonds is 3. The van der Waals surface area contributed by atoms with Crippen LogP contribution in [-0.4, -0.2) is 18.9 Å². The Labute approximate surface area is 89.1 Å². The van der Waals surface area contributed by atoms with Crippen LogP contribution in [0.15, 0.2) is 18.2 Å². The molecule has 0 atom stereocenters. The number of carbonyl (C=O) groups is 2. The van der Waals surface area contributed by atoms with Gasteiger partial charge in [-0.1, -0.05) is 23.8 Å². The summed E-state index contributed by atoms with van der Waals surface area (Å²) in [5.74, 6) is -1.29. The smallest absolute Gasteiger partial charge is 0.374 e. The Balaban J connectivity index is 2.85. The Hall–Kier alpha value is -1.64. The minimum Gasteiger partial charge on any atom is -0.463 e. The normalized spacial score (nSPS) is 9.80. The highest BCUT2D eigenvalue weighted by Crippen LogP contribution is 2.11. The first-order valence-corrected chi connectivity index (χ1v) is 4.72. The molecule has 1 aromatic rings. The second kappa shape index (κ2) is 4.73. The molecule has 0 aliphatic carbocycles. The van der Waals surface area contributed by atoms with E-state index in [4.69, 9.17) is 0 Å². The van der Waals surface area contributed by atoms with Crippen LogP contribution >= 0.6 is 0 Å². The lowest BCUT2D eigenvalue weighted by molar-refractivity contribution is -0.151. The molecule has 0 aliphatic heterocycles. The molecule has 3 nitrogen and oxygen atoms in total. The number of methoxy groups -OCH3 is 1. The summed E-state index contributed by atoms with van der Waals surface area (Å²) in [6, 6.07) is 5.83. The first-order chi connectivity index (χ1) is 7.04. The summed E-state index contributed by atoms with van der Waals surface area (Å²) >= 11 is 0. The zero-order valence-corrected chi connectivity index (χ0v) is 9.16. The predicted molar refractivity (Wildman–Crippen MR) is 56.6 cm³/mol. The van der Waals surface area contributed by atoms with E-state index in [1.807, 2.05) is 32.0 Å². The largest absolute Gasteiger partial charge is 0.463 e. The van der Waals surface area contributed by atoms with E-state index in [1.165, 1.54) is 7.11 Å². The van der Waals surface area contributed by atoms with Crippen molar-refractivity contribution in [1.29, 1.82) is 0 Å².